The highest BCUT2D eigenvalue weighted by atomic mass is 16.5. The molecule has 7 heteroatoms. The van der Waals surface area contributed by atoms with Crippen LogP contribution in [-0.2, 0) is 9.59 Å². The van der Waals surface area contributed by atoms with Gasteiger partial charge < -0.3 is 9.42 Å². The smallest absolute Gasteiger partial charge is 0.240 e. The molecule has 0 radical (unpaired) electrons. The molecular weight excluding hydrogens is 260 g/mol. The third-order valence-corrected chi connectivity index (χ3v) is 3.33. The van der Waals surface area contributed by atoms with Gasteiger partial charge in [0.15, 0.2) is 0 Å². The van der Waals surface area contributed by atoms with Gasteiger partial charge in [0.2, 0.25) is 17.7 Å². The van der Waals surface area contributed by atoms with E-state index < -0.39 is 0 Å². The van der Waals surface area contributed by atoms with Crippen molar-refractivity contribution >= 4 is 17.7 Å². The van der Waals surface area contributed by atoms with Crippen LogP contribution in [0.1, 0.15) is 18.5 Å². The summed E-state index contributed by atoms with van der Waals surface area (Å²) < 4.78 is 4.94. The second-order valence-electron chi connectivity index (χ2n) is 5.24. The van der Waals surface area contributed by atoms with Crippen LogP contribution in [0.15, 0.2) is 10.6 Å². The zero-order valence-electron chi connectivity index (χ0n) is 12.0. The fourth-order valence-corrected chi connectivity index (χ4v) is 2.38. The second-order valence-corrected chi connectivity index (χ2v) is 5.24. The van der Waals surface area contributed by atoms with Crippen LogP contribution in [0, 0.1) is 6.92 Å². The Balaban J connectivity index is 1.91. The Hall–Kier alpha value is -1.89. The molecule has 1 aliphatic heterocycles. The first kappa shape index (κ1) is 14.5. The molecule has 0 aliphatic carbocycles. The van der Waals surface area contributed by atoms with Gasteiger partial charge in [-0.3, -0.25) is 19.8 Å². The summed E-state index contributed by atoms with van der Waals surface area (Å²) in [5.41, 5.74) is 0.710. The number of rotatable bonds is 4. The highest BCUT2D eigenvalue weighted by Crippen LogP contribution is 2.18. The van der Waals surface area contributed by atoms with Gasteiger partial charge in [-0.05, 0) is 26.3 Å². The molecule has 0 saturated carbocycles. The minimum Gasteiger partial charge on any atom is -0.347 e. The first-order chi connectivity index (χ1) is 9.47. The van der Waals surface area contributed by atoms with E-state index >= 15 is 0 Å². The SMILES string of the molecule is Cc1cc(NC(=O)CN2CCCC2C(=O)N(C)C)on1. The van der Waals surface area contributed by atoms with E-state index in [1.165, 1.54) is 0 Å². The third kappa shape index (κ3) is 3.36. The quantitative estimate of drug-likeness (QED) is 0.867. The number of aryl methyl sites for hydroxylation is 1. The van der Waals surface area contributed by atoms with Crippen molar-refractivity contribution in [1.82, 2.24) is 15.0 Å². The Morgan fingerprint density at radius 2 is 2.30 bits per heavy atom. The van der Waals surface area contributed by atoms with Gasteiger partial charge in [-0.1, -0.05) is 5.16 Å². The molecule has 1 aromatic heterocycles. The molecule has 2 heterocycles. The molecule has 2 amide bonds. The molecule has 1 aromatic rings. The molecule has 1 unspecified atom stereocenters. The van der Waals surface area contributed by atoms with E-state index in [0.29, 0.717) is 11.6 Å². The van der Waals surface area contributed by atoms with Crippen molar-refractivity contribution in [2.45, 2.75) is 25.8 Å². The zero-order valence-corrected chi connectivity index (χ0v) is 12.0. The predicted octanol–water partition coefficient (Wildman–Crippen LogP) is 0.474. The lowest BCUT2D eigenvalue weighted by Gasteiger charge is -2.25. The summed E-state index contributed by atoms with van der Waals surface area (Å²) in [6, 6.07) is 1.46. The lowest BCUT2D eigenvalue weighted by molar-refractivity contribution is -0.133. The van der Waals surface area contributed by atoms with E-state index in [0.717, 1.165) is 19.4 Å². The van der Waals surface area contributed by atoms with Gasteiger partial charge in [0.25, 0.3) is 0 Å². The fraction of sp³-hybridized carbons (Fsp3) is 0.615. The van der Waals surface area contributed by atoms with Crippen molar-refractivity contribution in [2.75, 3.05) is 32.5 Å². The topological polar surface area (TPSA) is 78.7 Å². The minimum absolute atomic E-state index is 0.0470. The summed E-state index contributed by atoms with van der Waals surface area (Å²) in [5.74, 6) is 0.188. The van der Waals surface area contributed by atoms with Gasteiger partial charge in [-0.25, -0.2) is 0 Å². The Morgan fingerprint density at radius 3 is 2.90 bits per heavy atom. The number of anilines is 1. The van der Waals surface area contributed by atoms with Crippen molar-refractivity contribution < 1.29 is 14.1 Å². The van der Waals surface area contributed by atoms with Crippen molar-refractivity contribution in [2.24, 2.45) is 0 Å². The molecule has 0 bridgehead atoms. The average molecular weight is 280 g/mol. The minimum atomic E-state index is -0.202. The van der Waals surface area contributed by atoms with Crippen molar-refractivity contribution in [3.8, 4) is 0 Å². The third-order valence-electron chi connectivity index (χ3n) is 3.33. The second kappa shape index (κ2) is 6.04. The van der Waals surface area contributed by atoms with Crippen LogP contribution in [0.4, 0.5) is 5.88 Å². The molecule has 1 fully saturated rings. The van der Waals surface area contributed by atoms with Crippen LogP contribution in [0.3, 0.4) is 0 Å². The normalized spacial score (nSPS) is 19.1. The van der Waals surface area contributed by atoms with Gasteiger partial charge in [0.1, 0.15) is 0 Å². The number of likely N-dealkylation sites (tertiary alicyclic amines) is 1. The zero-order chi connectivity index (χ0) is 14.7. The number of nitrogens with zero attached hydrogens (tertiary/aromatic N) is 3. The van der Waals surface area contributed by atoms with Crippen molar-refractivity contribution in [3.63, 3.8) is 0 Å². The van der Waals surface area contributed by atoms with E-state index in [2.05, 4.69) is 10.5 Å². The van der Waals surface area contributed by atoms with Crippen LogP contribution in [0.25, 0.3) is 0 Å². The molecule has 2 rings (SSSR count). The Morgan fingerprint density at radius 1 is 1.55 bits per heavy atom. The van der Waals surface area contributed by atoms with E-state index in [4.69, 9.17) is 4.52 Å². The maximum Gasteiger partial charge on any atom is 0.240 e. The van der Waals surface area contributed by atoms with Gasteiger partial charge in [-0.2, -0.15) is 0 Å². The summed E-state index contributed by atoms with van der Waals surface area (Å²) in [6.45, 7) is 2.72. The van der Waals surface area contributed by atoms with Crippen LogP contribution in [0.5, 0.6) is 0 Å². The van der Waals surface area contributed by atoms with Crippen molar-refractivity contribution in [3.05, 3.63) is 11.8 Å². The van der Waals surface area contributed by atoms with E-state index in [9.17, 15) is 9.59 Å². The first-order valence-electron chi connectivity index (χ1n) is 6.66. The number of likely N-dealkylation sites (N-methyl/N-ethyl adjacent to an activating group) is 1. The summed E-state index contributed by atoms with van der Waals surface area (Å²) in [4.78, 5) is 27.4. The Labute approximate surface area is 117 Å². The molecule has 20 heavy (non-hydrogen) atoms. The standard InChI is InChI=1S/C13H20N4O3/c1-9-7-12(20-15-9)14-11(18)8-17-6-4-5-10(17)13(19)16(2)3/h7,10H,4-6,8H2,1-3H3,(H,14,18). The molecule has 1 aliphatic rings. The van der Waals surface area contributed by atoms with E-state index in [1.54, 1.807) is 32.0 Å². The van der Waals surface area contributed by atoms with Crippen molar-refractivity contribution in [1.29, 1.82) is 0 Å². The molecule has 0 aromatic carbocycles. The number of hydrogen-bond donors (Lipinski definition) is 1. The highest BCUT2D eigenvalue weighted by molar-refractivity contribution is 5.91. The van der Waals surface area contributed by atoms with Crippen LogP contribution in [-0.4, -0.2) is 60.0 Å². The Bertz CT molecular complexity index is 498. The van der Waals surface area contributed by atoms with E-state index in [1.807, 2.05) is 4.90 Å². The first-order valence-corrected chi connectivity index (χ1v) is 6.66. The number of amides is 2. The molecule has 0 spiro atoms. The van der Waals surface area contributed by atoms with Gasteiger partial charge in [0, 0.05) is 20.2 Å². The number of carbonyl (C=O) groups is 2. The molecule has 1 saturated heterocycles. The largest absolute Gasteiger partial charge is 0.347 e. The summed E-state index contributed by atoms with van der Waals surface area (Å²) in [5, 5.41) is 6.35. The maximum absolute atomic E-state index is 12.0. The molecule has 7 nitrogen and oxygen atoms in total. The van der Waals surface area contributed by atoms with Crippen LogP contribution in [0.2, 0.25) is 0 Å². The van der Waals surface area contributed by atoms with Crippen LogP contribution < -0.4 is 5.32 Å². The molecule has 1 N–H and O–H groups in total. The molecular formula is C13H20N4O3. The fourth-order valence-electron chi connectivity index (χ4n) is 2.38. The summed E-state index contributed by atoms with van der Waals surface area (Å²) in [7, 11) is 3.46. The predicted molar refractivity (Wildman–Crippen MR) is 73.2 cm³/mol. The number of hydrogen-bond acceptors (Lipinski definition) is 5. The van der Waals surface area contributed by atoms with Crippen LogP contribution >= 0.6 is 0 Å². The average Bonchev–Trinajstić information content (AvgIpc) is 2.97. The van der Waals surface area contributed by atoms with Gasteiger partial charge in [-0.15, -0.1) is 0 Å². The van der Waals surface area contributed by atoms with Gasteiger partial charge in [0.05, 0.1) is 18.3 Å². The lowest BCUT2D eigenvalue weighted by Crippen LogP contribution is -2.45. The Kier molecular flexibility index (Phi) is 4.39. The maximum atomic E-state index is 12.0. The lowest BCUT2D eigenvalue weighted by atomic mass is 10.2. The summed E-state index contributed by atoms with van der Waals surface area (Å²) >= 11 is 0. The monoisotopic (exact) mass is 280 g/mol. The molecule has 110 valence electrons. The number of carbonyl (C=O) groups excluding carboxylic acids is 2. The van der Waals surface area contributed by atoms with Gasteiger partial charge >= 0.3 is 0 Å². The number of aromatic nitrogens is 1. The number of nitrogens with one attached hydrogen (secondary N) is 1. The molecule has 1 atom stereocenters. The van der Waals surface area contributed by atoms with E-state index in [-0.39, 0.29) is 24.4 Å². The highest BCUT2D eigenvalue weighted by Gasteiger charge is 2.32. The summed E-state index contributed by atoms with van der Waals surface area (Å²) in [6.07, 6.45) is 1.73.